The predicted octanol–water partition coefficient (Wildman–Crippen LogP) is 2.41. The van der Waals surface area contributed by atoms with Crippen molar-refractivity contribution in [3.63, 3.8) is 0 Å². The zero-order chi connectivity index (χ0) is 11.7. The highest BCUT2D eigenvalue weighted by atomic mass is 15.1. The van der Waals surface area contributed by atoms with Crippen molar-refractivity contribution in [1.82, 2.24) is 15.5 Å². The van der Waals surface area contributed by atoms with Gasteiger partial charge in [-0.2, -0.15) is 5.10 Å². The smallest absolute Gasteiger partial charge is 0.0923 e. The molecule has 0 radical (unpaired) electrons. The van der Waals surface area contributed by atoms with Gasteiger partial charge in [-0.1, -0.05) is 6.07 Å². The maximum absolute atomic E-state index is 4.27. The molecule has 0 spiro atoms. The Bertz CT molecular complexity index is 509. The number of hydrogen-bond acceptors (Lipinski definition) is 2. The molecular weight excluding hydrogens is 210 g/mol. The third kappa shape index (κ3) is 2.20. The summed E-state index contributed by atoms with van der Waals surface area (Å²) in [7, 11) is 0. The minimum absolute atomic E-state index is 0.799. The molecule has 3 nitrogen and oxygen atoms in total. The normalized spacial score (nSPS) is 20.9. The van der Waals surface area contributed by atoms with E-state index >= 15 is 0 Å². The summed E-state index contributed by atoms with van der Waals surface area (Å²) in [5.41, 5.74) is 3.69. The molecule has 2 heterocycles. The Labute approximate surface area is 102 Å². The first-order valence-corrected chi connectivity index (χ1v) is 6.47. The molecule has 0 bridgehead atoms. The van der Waals surface area contributed by atoms with Crippen LogP contribution in [0, 0.1) is 12.8 Å². The number of nitrogens with zero attached hydrogens (tertiary/aromatic N) is 1. The molecule has 3 rings (SSSR count). The fourth-order valence-corrected chi connectivity index (χ4v) is 2.74. The number of fused-ring (bicyclic) bond motifs is 1. The van der Waals surface area contributed by atoms with Gasteiger partial charge in [-0.3, -0.25) is 5.10 Å². The van der Waals surface area contributed by atoms with Crippen LogP contribution in [0.3, 0.4) is 0 Å². The van der Waals surface area contributed by atoms with Crippen LogP contribution < -0.4 is 5.32 Å². The maximum Gasteiger partial charge on any atom is 0.0923 e. The lowest BCUT2D eigenvalue weighted by Crippen LogP contribution is -2.30. The summed E-state index contributed by atoms with van der Waals surface area (Å²) in [5.74, 6) is 0.799. The lowest BCUT2D eigenvalue weighted by Gasteiger charge is -2.22. The second-order valence-electron chi connectivity index (χ2n) is 5.12. The Hall–Kier alpha value is -1.35. The first-order chi connectivity index (χ1) is 8.33. The van der Waals surface area contributed by atoms with Gasteiger partial charge in [-0.15, -0.1) is 0 Å². The van der Waals surface area contributed by atoms with Crippen LogP contribution >= 0.6 is 0 Å². The molecule has 1 aromatic carbocycles. The van der Waals surface area contributed by atoms with Gasteiger partial charge in [0, 0.05) is 11.1 Å². The highest BCUT2D eigenvalue weighted by Crippen LogP contribution is 2.21. The fourth-order valence-electron chi connectivity index (χ4n) is 2.74. The molecule has 1 atom stereocenters. The van der Waals surface area contributed by atoms with E-state index in [-0.39, 0.29) is 0 Å². The third-order valence-corrected chi connectivity index (χ3v) is 3.73. The molecule has 2 N–H and O–H groups in total. The van der Waals surface area contributed by atoms with Gasteiger partial charge in [0.25, 0.3) is 0 Å². The predicted molar refractivity (Wildman–Crippen MR) is 70.1 cm³/mol. The molecule has 0 aliphatic carbocycles. The number of rotatable bonds is 2. The maximum atomic E-state index is 4.27. The van der Waals surface area contributed by atoms with E-state index in [4.69, 9.17) is 0 Å². The minimum Gasteiger partial charge on any atom is -0.316 e. The molecule has 0 saturated carbocycles. The summed E-state index contributed by atoms with van der Waals surface area (Å²) in [4.78, 5) is 0. The summed E-state index contributed by atoms with van der Waals surface area (Å²) in [6.45, 7) is 4.44. The van der Waals surface area contributed by atoms with Crippen molar-refractivity contribution in [2.24, 2.45) is 5.92 Å². The number of H-pyrrole nitrogens is 1. The number of nitrogens with one attached hydrogen (secondary N) is 2. The Balaban J connectivity index is 1.82. The van der Waals surface area contributed by atoms with Gasteiger partial charge in [-0.05, 0) is 62.9 Å². The second kappa shape index (κ2) is 4.49. The number of hydrogen-bond donors (Lipinski definition) is 2. The van der Waals surface area contributed by atoms with Crippen LogP contribution in [0.15, 0.2) is 18.2 Å². The lowest BCUT2D eigenvalue weighted by molar-refractivity contribution is 0.376. The fraction of sp³-hybridized carbons (Fsp3) is 0.500. The monoisotopic (exact) mass is 229 g/mol. The second-order valence-corrected chi connectivity index (χ2v) is 5.12. The van der Waals surface area contributed by atoms with Crippen LogP contribution in [0.25, 0.3) is 10.9 Å². The van der Waals surface area contributed by atoms with Crippen molar-refractivity contribution in [2.45, 2.75) is 26.2 Å². The van der Waals surface area contributed by atoms with Crippen molar-refractivity contribution < 1.29 is 0 Å². The van der Waals surface area contributed by atoms with Crippen molar-refractivity contribution in [2.75, 3.05) is 13.1 Å². The lowest BCUT2D eigenvalue weighted by atomic mass is 9.92. The molecule has 1 aliphatic rings. The summed E-state index contributed by atoms with van der Waals surface area (Å²) >= 11 is 0. The van der Waals surface area contributed by atoms with Crippen molar-refractivity contribution in [3.8, 4) is 0 Å². The summed E-state index contributed by atoms with van der Waals surface area (Å²) < 4.78 is 0. The van der Waals surface area contributed by atoms with Gasteiger partial charge in [0.1, 0.15) is 0 Å². The Morgan fingerprint density at radius 2 is 2.35 bits per heavy atom. The molecule has 1 fully saturated rings. The molecule has 1 saturated heterocycles. The average molecular weight is 229 g/mol. The summed E-state index contributed by atoms with van der Waals surface area (Å²) in [6, 6.07) is 6.64. The van der Waals surface area contributed by atoms with E-state index in [2.05, 4.69) is 40.6 Å². The first kappa shape index (κ1) is 10.8. The van der Waals surface area contributed by atoms with Crippen LogP contribution in [0.2, 0.25) is 0 Å². The molecule has 1 aromatic heterocycles. The van der Waals surface area contributed by atoms with E-state index in [0.29, 0.717) is 0 Å². The van der Waals surface area contributed by atoms with E-state index in [0.717, 1.165) is 11.4 Å². The average Bonchev–Trinajstić information content (AvgIpc) is 2.73. The summed E-state index contributed by atoms with van der Waals surface area (Å²) in [5, 5.41) is 12.1. The van der Waals surface area contributed by atoms with E-state index in [1.54, 1.807) is 0 Å². The molecule has 90 valence electrons. The van der Waals surface area contributed by atoms with Crippen LogP contribution in [0.5, 0.6) is 0 Å². The standard InChI is InChI=1S/C14H19N3/c1-10-13-8-11(4-5-14(13)17-16-10)7-12-3-2-6-15-9-12/h4-5,8,12,15H,2-3,6-7,9H2,1H3,(H,16,17). The Kier molecular flexibility index (Phi) is 2.85. The van der Waals surface area contributed by atoms with E-state index in [1.165, 1.54) is 49.0 Å². The van der Waals surface area contributed by atoms with Crippen LogP contribution in [-0.2, 0) is 6.42 Å². The number of aryl methyl sites for hydroxylation is 1. The first-order valence-electron chi connectivity index (χ1n) is 6.47. The molecule has 3 heteroatoms. The van der Waals surface area contributed by atoms with Gasteiger partial charge in [0.05, 0.1) is 5.52 Å². The zero-order valence-electron chi connectivity index (χ0n) is 10.3. The largest absolute Gasteiger partial charge is 0.316 e. The molecular formula is C14H19N3. The third-order valence-electron chi connectivity index (χ3n) is 3.73. The number of benzene rings is 1. The highest BCUT2D eigenvalue weighted by molar-refractivity contribution is 5.81. The topological polar surface area (TPSA) is 40.7 Å². The van der Waals surface area contributed by atoms with Crippen molar-refractivity contribution in [3.05, 3.63) is 29.5 Å². The molecule has 1 unspecified atom stereocenters. The number of piperidine rings is 1. The highest BCUT2D eigenvalue weighted by Gasteiger charge is 2.14. The zero-order valence-corrected chi connectivity index (χ0v) is 10.3. The Morgan fingerprint density at radius 3 is 3.18 bits per heavy atom. The van der Waals surface area contributed by atoms with Crippen molar-refractivity contribution >= 4 is 10.9 Å². The van der Waals surface area contributed by atoms with E-state index in [1.807, 2.05) is 0 Å². The van der Waals surface area contributed by atoms with Gasteiger partial charge in [0.15, 0.2) is 0 Å². The minimum atomic E-state index is 0.799. The van der Waals surface area contributed by atoms with Gasteiger partial charge < -0.3 is 5.32 Å². The quantitative estimate of drug-likeness (QED) is 0.830. The molecule has 0 amide bonds. The molecule has 17 heavy (non-hydrogen) atoms. The molecule has 2 aromatic rings. The number of aromatic nitrogens is 2. The SMILES string of the molecule is Cc1[nH]nc2ccc(CC3CCCNC3)cc12. The molecule has 1 aliphatic heterocycles. The number of aromatic amines is 1. The van der Waals surface area contributed by atoms with Gasteiger partial charge >= 0.3 is 0 Å². The van der Waals surface area contributed by atoms with E-state index < -0.39 is 0 Å². The van der Waals surface area contributed by atoms with Crippen LogP contribution in [0.1, 0.15) is 24.1 Å². The van der Waals surface area contributed by atoms with Crippen LogP contribution in [-0.4, -0.2) is 23.3 Å². The van der Waals surface area contributed by atoms with E-state index in [9.17, 15) is 0 Å². The van der Waals surface area contributed by atoms with Crippen molar-refractivity contribution in [1.29, 1.82) is 0 Å². The summed E-state index contributed by atoms with van der Waals surface area (Å²) in [6.07, 6.45) is 3.86. The van der Waals surface area contributed by atoms with Gasteiger partial charge in [0.2, 0.25) is 0 Å². The van der Waals surface area contributed by atoms with Gasteiger partial charge in [-0.25, -0.2) is 0 Å². The van der Waals surface area contributed by atoms with Crippen LogP contribution in [0.4, 0.5) is 0 Å². The Morgan fingerprint density at radius 1 is 1.41 bits per heavy atom.